The van der Waals surface area contributed by atoms with Crippen LogP contribution in [0.25, 0.3) is 0 Å². The smallest absolute Gasteiger partial charge is 0.319 e. The quantitative estimate of drug-likeness (QED) is 0.781. The van der Waals surface area contributed by atoms with Crippen LogP contribution in [0.15, 0.2) is 24.3 Å². The van der Waals surface area contributed by atoms with E-state index >= 15 is 0 Å². The number of carbonyl (C=O) groups is 2. The molecule has 0 aromatic heterocycles. The number of benzene rings is 1. The van der Waals surface area contributed by atoms with E-state index in [1.54, 1.807) is 24.3 Å². The monoisotopic (exact) mass is 273 g/mol. The Morgan fingerprint density at radius 2 is 1.95 bits per heavy atom. The van der Waals surface area contributed by atoms with E-state index in [2.05, 4.69) is 10.6 Å². The average Bonchev–Trinajstić information content (AvgIpc) is 2.36. The number of rotatable bonds is 4. The number of nitrogens with one attached hydrogen (secondary N) is 2. The van der Waals surface area contributed by atoms with E-state index in [1.165, 1.54) is 0 Å². The second kappa shape index (κ2) is 5.61. The fourth-order valence-electron chi connectivity index (χ4n) is 2.27. The molecule has 2 rings (SSSR count). The Morgan fingerprint density at radius 1 is 1.30 bits per heavy atom. The molecule has 0 saturated heterocycles. The molecule has 0 spiro atoms. The lowest BCUT2D eigenvalue weighted by Gasteiger charge is -2.41. The predicted octanol–water partition coefficient (Wildman–Crippen LogP) is 2.08. The third-order valence-corrected chi connectivity index (χ3v) is 3.45. The molecule has 1 aromatic carbocycles. The maximum absolute atomic E-state index is 11.9. The van der Waals surface area contributed by atoms with Crippen LogP contribution in [0, 0.1) is 11.3 Å². The van der Waals surface area contributed by atoms with E-state index in [0.29, 0.717) is 24.1 Å². The van der Waals surface area contributed by atoms with Crippen molar-refractivity contribution in [1.82, 2.24) is 5.32 Å². The molecule has 6 nitrogen and oxygen atoms in total. The number of anilines is 1. The molecule has 1 aromatic rings. The molecule has 0 aliphatic heterocycles. The lowest BCUT2D eigenvalue weighted by molar-refractivity contribution is -0.139. The maximum atomic E-state index is 11.9. The SMILES string of the molecule is N#Cc1ccc(NC(=O)NC2(CC(=O)O)CCC2)cc1. The van der Waals surface area contributed by atoms with Gasteiger partial charge in [0.15, 0.2) is 0 Å². The van der Waals surface area contributed by atoms with Crippen molar-refractivity contribution in [3.63, 3.8) is 0 Å². The summed E-state index contributed by atoms with van der Waals surface area (Å²) in [6.45, 7) is 0. The van der Waals surface area contributed by atoms with Crippen LogP contribution in [0.1, 0.15) is 31.2 Å². The number of hydrogen-bond acceptors (Lipinski definition) is 3. The minimum atomic E-state index is -0.914. The summed E-state index contributed by atoms with van der Waals surface area (Å²) in [5.74, 6) is -0.914. The van der Waals surface area contributed by atoms with E-state index in [1.807, 2.05) is 6.07 Å². The molecule has 0 heterocycles. The standard InChI is InChI=1S/C14H15N3O3/c15-9-10-2-4-11(5-3-10)16-13(20)17-14(6-1-7-14)8-12(18)19/h2-5H,1,6-8H2,(H,18,19)(H2,16,17,20). The van der Waals surface area contributed by atoms with Gasteiger partial charge in [0.05, 0.1) is 23.6 Å². The van der Waals surface area contributed by atoms with Gasteiger partial charge in [-0.1, -0.05) is 0 Å². The van der Waals surface area contributed by atoms with Crippen molar-refractivity contribution in [3.8, 4) is 6.07 Å². The number of carboxylic acid groups (broad SMARTS) is 1. The van der Waals surface area contributed by atoms with Gasteiger partial charge in [0.25, 0.3) is 0 Å². The minimum Gasteiger partial charge on any atom is -0.481 e. The van der Waals surface area contributed by atoms with Crippen LogP contribution >= 0.6 is 0 Å². The third kappa shape index (κ3) is 3.26. The van der Waals surface area contributed by atoms with Crippen molar-refractivity contribution in [1.29, 1.82) is 5.26 Å². The highest BCUT2D eigenvalue weighted by Crippen LogP contribution is 2.34. The van der Waals surface area contributed by atoms with Crippen LogP contribution < -0.4 is 10.6 Å². The summed E-state index contributed by atoms with van der Waals surface area (Å²) in [6, 6.07) is 8.03. The van der Waals surface area contributed by atoms with Gasteiger partial charge in [-0.05, 0) is 43.5 Å². The second-order valence-corrected chi connectivity index (χ2v) is 4.97. The number of nitriles is 1. The summed E-state index contributed by atoms with van der Waals surface area (Å²) < 4.78 is 0. The van der Waals surface area contributed by atoms with Gasteiger partial charge < -0.3 is 15.7 Å². The molecular formula is C14H15N3O3. The van der Waals surface area contributed by atoms with Gasteiger partial charge in [-0.2, -0.15) is 5.26 Å². The van der Waals surface area contributed by atoms with Crippen molar-refractivity contribution >= 4 is 17.7 Å². The highest BCUT2D eigenvalue weighted by atomic mass is 16.4. The van der Waals surface area contributed by atoms with E-state index in [4.69, 9.17) is 10.4 Å². The van der Waals surface area contributed by atoms with Gasteiger partial charge in [0.1, 0.15) is 0 Å². The number of nitrogens with zero attached hydrogens (tertiary/aromatic N) is 1. The molecule has 1 aliphatic carbocycles. The number of carboxylic acids is 1. The molecule has 0 unspecified atom stereocenters. The zero-order chi connectivity index (χ0) is 14.6. The van der Waals surface area contributed by atoms with Crippen LogP contribution in [0.4, 0.5) is 10.5 Å². The average molecular weight is 273 g/mol. The first kappa shape index (κ1) is 13.9. The van der Waals surface area contributed by atoms with E-state index in [-0.39, 0.29) is 6.42 Å². The molecule has 3 N–H and O–H groups in total. The molecule has 104 valence electrons. The fraction of sp³-hybridized carbons (Fsp3) is 0.357. The van der Waals surface area contributed by atoms with Gasteiger partial charge in [0, 0.05) is 5.69 Å². The Labute approximate surface area is 116 Å². The summed E-state index contributed by atoms with van der Waals surface area (Å²) in [5.41, 5.74) is 0.450. The number of amides is 2. The molecular weight excluding hydrogens is 258 g/mol. The Balaban J connectivity index is 1.94. The van der Waals surface area contributed by atoms with Crippen molar-refractivity contribution in [2.75, 3.05) is 5.32 Å². The van der Waals surface area contributed by atoms with E-state index < -0.39 is 17.5 Å². The third-order valence-electron chi connectivity index (χ3n) is 3.45. The number of aliphatic carboxylic acids is 1. The first-order valence-electron chi connectivity index (χ1n) is 6.34. The Bertz CT molecular complexity index is 556. The lowest BCUT2D eigenvalue weighted by Crippen LogP contribution is -2.55. The summed E-state index contributed by atoms with van der Waals surface area (Å²) in [7, 11) is 0. The largest absolute Gasteiger partial charge is 0.481 e. The summed E-state index contributed by atoms with van der Waals surface area (Å²) in [6.07, 6.45) is 2.22. The maximum Gasteiger partial charge on any atom is 0.319 e. The number of hydrogen-bond donors (Lipinski definition) is 3. The predicted molar refractivity (Wildman–Crippen MR) is 72.1 cm³/mol. The van der Waals surface area contributed by atoms with Crippen LogP contribution in [0.5, 0.6) is 0 Å². The molecule has 1 saturated carbocycles. The van der Waals surface area contributed by atoms with Crippen LogP contribution in [-0.2, 0) is 4.79 Å². The van der Waals surface area contributed by atoms with E-state index in [0.717, 1.165) is 6.42 Å². The van der Waals surface area contributed by atoms with Gasteiger partial charge in [-0.15, -0.1) is 0 Å². The Morgan fingerprint density at radius 3 is 2.40 bits per heavy atom. The van der Waals surface area contributed by atoms with Gasteiger partial charge in [0.2, 0.25) is 0 Å². The molecule has 20 heavy (non-hydrogen) atoms. The molecule has 1 fully saturated rings. The first-order valence-corrected chi connectivity index (χ1v) is 6.34. The molecule has 1 aliphatic rings. The Hall–Kier alpha value is -2.55. The van der Waals surface area contributed by atoms with E-state index in [9.17, 15) is 9.59 Å². The van der Waals surface area contributed by atoms with Gasteiger partial charge >= 0.3 is 12.0 Å². The van der Waals surface area contributed by atoms with Crippen LogP contribution in [0.3, 0.4) is 0 Å². The molecule has 6 heteroatoms. The molecule has 0 bridgehead atoms. The van der Waals surface area contributed by atoms with Crippen molar-refractivity contribution in [2.45, 2.75) is 31.2 Å². The van der Waals surface area contributed by atoms with Crippen molar-refractivity contribution in [2.24, 2.45) is 0 Å². The fourth-order valence-corrected chi connectivity index (χ4v) is 2.27. The number of carbonyl (C=O) groups excluding carboxylic acids is 1. The van der Waals surface area contributed by atoms with Gasteiger partial charge in [-0.25, -0.2) is 4.79 Å². The topological polar surface area (TPSA) is 102 Å². The highest BCUT2D eigenvalue weighted by molar-refractivity contribution is 5.90. The first-order chi connectivity index (χ1) is 9.53. The second-order valence-electron chi connectivity index (χ2n) is 4.97. The van der Waals surface area contributed by atoms with Gasteiger partial charge in [-0.3, -0.25) is 4.79 Å². The number of urea groups is 1. The van der Waals surface area contributed by atoms with Crippen molar-refractivity contribution in [3.05, 3.63) is 29.8 Å². The molecule has 0 atom stereocenters. The minimum absolute atomic E-state index is 0.0617. The molecule has 0 radical (unpaired) electrons. The lowest BCUT2D eigenvalue weighted by atomic mass is 9.74. The molecule has 2 amide bonds. The summed E-state index contributed by atoms with van der Waals surface area (Å²) >= 11 is 0. The van der Waals surface area contributed by atoms with Crippen molar-refractivity contribution < 1.29 is 14.7 Å². The summed E-state index contributed by atoms with van der Waals surface area (Å²) in [5, 5.41) is 22.9. The summed E-state index contributed by atoms with van der Waals surface area (Å²) in [4.78, 5) is 22.7. The van der Waals surface area contributed by atoms with Crippen LogP contribution in [0.2, 0.25) is 0 Å². The zero-order valence-corrected chi connectivity index (χ0v) is 10.8. The Kier molecular flexibility index (Phi) is 3.89. The zero-order valence-electron chi connectivity index (χ0n) is 10.8. The normalized spacial score (nSPS) is 15.6. The van der Waals surface area contributed by atoms with Crippen LogP contribution in [-0.4, -0.2) is 22.6 Å². The highest BCUT2D eigenvalue weighted by Gasteiger charge is 2.40.